The van der Waals surface area contributed by atoms with E-state index < -0.39 is 0 Å². The number of aromatic nitrogens is 1. The van der Waals surface area contributed by atoms with Crippen LogP contribution in [0.25, 0.3) is 10.9 Å². The van der Waals surface area contributed by atoms with E-state index in [4.69, 9.17) is 10.5 Å². The van der Waals surface area contributed by atoms with Gasteiger partial charge in [-0.1, -0.05) is 18.2 Å². The number of H-pyrrole nitrogens is 1. The summed E-state index contributed by atoms with van der Waals surface area (Å²) >= 11 is 0. The number of nitrogens with one attached hydrogen (secondary N) is 1. The van der Waals surface area contributed by atoms with E-state index >= 15 is 0 Å². The predicted octanol–water partition coefficient (Wildman–Crippen LogP) is 2.24. The molecule has 0 bridgehead atoms. The Balaban J connectivity index is 2.65. The van der Waals surface area contributed by atoms with E-state index in [1.165, 1.54) is 0 Å². The van der Waals surface area contributed by atoms with Crippen molar-refractivity contribution in [3.8, 4) is 0 Å². The molecule has 0 saturated heterocycles. The maximum absolute atomic E-state index is 11.7. The van der Waals surface area contributed by atoms with E-state index in [1.54, 1.807) is 6.92 Å². The van der Waals surface area contributed by atoms with Crippen LogP contribution in [0.15, 0.2) is 18.2 Å². The quantitative estimate of drug-likeness (QED) is 0.759. The molecule has 2 rings (SSSR count). The van der Waals surface area contributed by atoms with Crippen LogP contribution in [-0.2, 0) is 4.74 Å². The lowest BCUT2D eigenvalue weighted by atomic mass is 10.1. The van der Waals surface area contributed by atoms with Crippen molar-refractivity contribution in [2.45, 2.75) is 13.8 Å². The molecule has 4 heteroatoms. The molecule has 1 heterocycles. The summed E-state index contributed by atoms with van der Waals surface area (Å²) < 4.78 is 4.98. The van der Waals surface area contributed by atoms with E-state index in [1.807, 2.05) is 25.1 Å². The van der Waals surface area contributed by atoms with E-state index in [9.17, 15) is 4.79 Å². The molecule has 0 aliphatic carbocycles. The fourth-order valence-electron chi connectivity index (χ4n) is 1.81. The topological polar surface area (TPSA) is 68.1 Å². The van der Waals surface area contributed by atoms with Crippen molar-refractivity contribution in [2.75, 3.05) is 12.3 Å². The molecule has 1 aromatic heterocycles. The number of aromatic amines is 1. The number of ether oxygens (including phenoxy) is 1. The molecule has 0 aliphatic rings. The summed E-state index contributed by atoms with van der Waals surface area (Å²) in [4.78, 5) is 14.7. The largest absolute Gasteiger partial charge is 0.462 e. The number of anilines is 1. The fraction of sp³-hybridized carbons (Fsp3) is 0.250. The Bertz CT molecular complexity index is 543. The molecule has 1 aromatic carbocycles. The molecule has 16 heavy (non-hydrogen) atoms. The number of hydrogen-bond acceptors (Lipinski definition) is 3. The molecule has 0 atom stereocenters. The smallest absolute Gasteiger partial charge is 0.342 e. The van der Waals surface area contributed by atoms with Crippen LogP contribution < -0.4 is 5.73 Å². The van der Waals surface area contributed by atoms with Gasteiger partial charge in [-0.05, 0) is 19.4 Å². The van der Waals surface area contributed by atoms with Gasteiger partial charge in [0.15, 0.2) is 0 Å². The van der Waals surface area contributed by atoms with Crippen molar-refractivity contribution < 1.29 is 9.53 Å². The molecule has 0 saturated carbocycles. The van der Waals surface area contributed by atoms with Crippen molar-refractivity contribution in [1.82, 2.24) is 4.98 Å². The lowest BCUT2D eigenvalue weighted by Crippen LogP contribution is -2.06. The second-order valence-corrected chi connectivity index (χ2v) is 3.63. The molecule has 0 spiro atoms. The number of esters is 1. The van der Waals surface area contributed by atoms with Crippen molar-refractivity contribution in [2.24, 2.45) is 0 Å². The van der Waals surface area contributed by atoms with Crippen LogP contribution >= 0.6 is 0 Å². The lowest BCUT2D eigenvalue weighted by molar-refractivity contribution is 0.0530. The fourth-order valence-corrected chi connectivity index (χ4v) is 1.81. The highest BCUT2D eigenvalue weighted by atomic mass is 16.5. The van der Waals surface area contributed by atoms with E-state index in [-0.39, 0.29) is 5.97 Å². The third kappa shape index (κ3) is 1.52. The van der Waals surface area contributed by atoms with Gasteiger partial charge in [0.25, 0.3) is 0 Å². The van der Waals surface area contributed by atoms with Crippen LogP contribution in [0.2, 0.25) is 0 Å². The Hall–Kier alpha value is -1.97. The lowest BCUT2D eigenvalue weighted by Gasteiger charge is -2.01. The minimum absolute atomic E-state index is 0.344. The number of carbonyl (C=O) groups is 1. The van der Waals surface area contributed by atoms with Crippen molar-refractivity contribution in [3.05, 3.63) is 29.3 Å². The number of rotatable bonds is 2. The van der Waals surface area contributed by atoms with E-state index in [0.717, 1.165) is 16.5 Å². The molecule has 3 N–H and O–H groups in total. The van der Waals surface area contributed by atoms with Crippen LogP contribution in [-0.4, -0.2) is 17.6 Å². The summed E-state index contributed by atoms with van der Waals surface area (Å²) in [5.41, 5.74) is 8.18. The minimum Gasteiger partial charge on any atom is -0.462 e. The molecule has 0 radical (unpaired) electrons. The number of fused-ring (bicyclic) bond motifs is 1. The van der Waals surface area contributed by atoms with Gasteiger partial charge in [0.2, 0.25) is 0 Å². The average molecular weight is 218 g/mol. The van der Waals surface area contributed by atoms with Gasteiger partial charge in [0.1, 0.15) is 11.4 Å². The maximum Gasteiger partial charge on any atom is 0.342 e. The molecule has 84 valence electrons. The standard InChI is InChI=1S/C12H14N2O2/c1-3-16-12(15)9-8-6-4-5-7(2)10(8)14-11(9)13/h4-6,14H,3,13H2,1-2H3. The number of benzene rings is 1. The first kappa shape index (κ1) is 10.5. The Morgan fingerprint density at radius 1 is 1.50 bits per heavy atom. The molecule has 0 aliphatic heterocycles. The summed E-state index contributed by atoms with van der Waals surface area (Å²) in [6, 6.07) is 5.72. The van der Waals surface area contributed by atoms with E-state index in [0.29, 0.717) is 18.0 Å². The number of nitrogen functional groups attached to an aromatic ring is 1. The normalized spacial score (nSPS) is 10.6. The van der Waals surface area contributed by atoms with Crippen molar-refractivity contribution >= 4 is 22.7 Å². The Kier molecular flexibility index (Phi) is 2.56. The summed E-state index contributed by atoms with van der Waals surface area (Å²) in [7, 11) is 0. The number of para-hydroxylation sites is 1. The summed E-state index contributed by atoms with van der Waals surface area (Å²) in [5.74, 6) is -0.0143. The molecule has 2 aromatic rings. The number of hydrogen-bond donors (Lipinski definition) is 2. The third-order valence-electron chi connectivity index (χ3n) is 2.55. The summed E-state index contributed by atoms with van der Waals surface area (Å²) in [5, 5.41) is 0.816. The van der Waals surface area contributed by atoms with Crippen LogP contribution in [0.1, 0.15) is 22.8 Å². The van der Waals surface area contributed by atoms with E-state index in [2.05, 4.69) is 4.98 Å². The van der Waals surface area contributed by atoms with Gasteiger partial charge in [-0.3, -0.25) is 0 Å². The van der Waals surface area contributed by atoms with Gasteiger partial charge in [-0.2, -0.15) is 0 Å². The molecular weight excluding hydrogens is 204 g/mol. The Morgan fingerprint density at radius 2 is 2.25 bits per heavy atom. The van der Waals surface area contributed by atoms with Crippen LogP contribution in [0, 0.1) is 6.92 Å². The first-order valence-corrected chi connectivity index (χ1v) is 5.19. The molecule has 4 nitrogen and oxygen atoms in total. The number of carbonyl (C=O) groups excluding carboxylic acids is 1. The Morgan fingerprint density at radius 3 is 2.94 bits per heavy atom. The number of aryl methyl sites for hydroxylation is 1. The first-order valence-electron chi connectivity index (χ1n) is 5.19. The SMILES string of the molecule is CCOC(=O)c1c(N)[nH]c2c(C)cccc12. The highest BCUT2D eigenvalue weighted by Gasteiger charge is 2.18. The predicted molar refractivity (Wildman–Crippen MR) is 63.4 cm³/mol. The van der Waals surface area contributed by atoms with Crippen LogP contribution in [0.5, 0.6) is 0 Å². The zero-order valence-electron chi connectivity index (χ0n) is 9.33. The van der Waals surface area contributed by atoms with Gasteiger partial charge < -0.3 is 15.5 Å². The average Bonchev–Trinajstić information content (AvgIpc) is 2.56. The highest BCUT2D eigenvalue weighted by Crippen LogP contribution is 2.27. The first-order chi connectivity index (χ1) is 7.65. The van der Waals surface area contributed by atoms with Gasteiger partial charge in [0.05, 0.1) is 12.1 Å². The van der Waals surface area contributed by atoms with Crippen molar-refractivity contribution in [1.29, 1.82) is 0 Å². The zero-order chi connectivity index (χ0) is 11.7. The molecule has 0 unspecified atom stereocenters. The van der Waals surface area contributed by atoms with Gasteiger partial charge >= 0.3 is 5.97 Å². The molecule has 0 fully saturated rings. The monoisotopic (exact) mass is 218 g/mol. The minimum atomic E-state index is -0.378. The highest BCUT2D eigenvalue weighted by molar-refractivity contribution is 6.09. The summed E-state index contributed by atoms with van der Waals surface area (Å²) in [6.45, 7) is 4.08. The number of nitrogens with two attached hydrogens (primary N) is 1. The van der Waals surface area contributed by atoms with Gasteiger partial charge in [-0.15, -0.1) is 0 Å². The Labute approximate surface area is 93.4 Å². The third-order valence-corrected chi connectivity index (χ3v) is 2.55. The van der Waals surface area contributed by atoms with Crippen LogP contribution in [0.3, 0.4) is 0 Å². The molecule has 0 amide bonds. The molecular formula is C12H14N2O2. The maximum atomic E-state index is 11.7. The van der Waals surface area contributed by atoms with Gasteiger partial charge in [0, 0.05) is 5.39 Å². The van der Waals surface area contributed by atoms with Crippen LogP contribution in [0.4, 0.5) is 5.82 Å². The van der Waals surface area contributed by atoms with Crippen molar-refractivity contribution in [3.63, 3.8) is 0 Å². The summed E-state index contributed by atoms with van der Waals surface area (Å²) in [6.07, 6.45) is 0. The second-order valence-electron chi connectivity index (χ2n) is 3.63. The van der Waals surface area contributed by atoms with Gasteiger partial charge in [-0.25, -0.2) is 4.79 Å². The zero-order valence-corrected chi connectivity index (χ0v) is 9.33. The second kappa shape index (κ2) is 3.89.